The lowest BCUT2D eigenvalue weighted by atomic mass is 9.97. The summed E-state index contributed by atoms with van der Waals surface area (Å²) in [7, 11) is 0. The molecular weight excluding hydrogens is 278 g/mol. The summed E-state index contributed by atoms with van der Waals surface area (Å²) in [4.78, 5) is 0. The molecule has 0 unspecified atom stereocenters. The first-order valence-electron chi connectivity index (χ1n) is 6.35. The van der Waals surface area contributed by atoms with E-state index in [1.165, 1.54) is 24.9 Å². The Balaban J connectivity index is 1.77. The SMILES string of the molecule is Cc1ccc(OCC[C@@H]2CCCNC2)c(Br)c1. The first-order valence-corrected chi connectivity index (χ1v) is 7.14. The molecule has 17 heavy (non-hydrogen) atoms. The molecule has 0 amide bonds. The normalized spacial score (nSPS) is 20.2. The number of rotatable bonds is 4. The Kier molecular flexibility index (Phi) is 4.86. The van der Waals surface area contributed by atoms with Gasteiger partial charge in [0.15, 0.2) is 0 Å². The van der Waals surface area contributed by atoms with Crippen LogP contribution in [-0.4, -0.2) is 19.7 Å². The minimum Gasteiger partial charge on any atom is -0.492 e. The molecule has 2 rings (SSSR count). The second-order valence-electron chi connectivity index (χ2n) is 4.78. The minimum absolute atomic E-state index is 0.785. The fourth-order valence-electron chi connectivity index (χ4n) is 2.23. The molecule has 1 aliphatic heterocycles. The molecule has 1 fully saturated rings. The number of piperidine rings is 1. The highest BCUT2D eigenvalue weighted by molar-refractivity contribution is 9.10. The zero-order valence-corrected chi connectivity index (χ0v) is 11.9. The zero-order valence-electron chi connectivity index (χ0n) is 10.3. The third kappa shape index (κ3) is 4.00. The standard InChI is InChI=1S/C14H20BrNO/c1-11-4-5-14(13(15)9-11)17-8-6-12-3-2-7-16-10-12/h4-5,9,12,16H,2-3,6-8,10H2,1H3/t12-/m0/s1. The van der Waals surface area contributed by atoms with Gasteiger partial charge < -0.3 is 10.1 Å². The van der Waals surface area contributed by atoms with Gasteiger partial charge in [0.2, 0.25) is 0 Å². The molecule has 0 aliphatic carbocycles. The lowest BCUT2D eigenvalue weighted by Crippen LogP contribution is -2.30. The van der Waals surface area contributed by atoms with Gasteiger partial charge in [0.1, 0.15) is 5.75 Å². The molecule has 0 saturated carbocycles. The molecule has 1 saturated heterocycles. The van der Waals surface area contributed by atoms with Crippen molar-refractivity contribution in [1.82, 2.24) is 5.32 Å². The Hall–Kier alpha value is -0.540. The largest absolute Gasteiger partial charge is 0.492 e. The van der Waals surface area contributed by atoms with E-state index in [1.807, 2.05) is 6.07 Å². The quantitative estimate of drug-likeness (QED) is 0.918. The van der Waals surface area contributed by atoms with E-state index in [2.05, 4.69) is 40.3 Å². The molecule has 94 valence electrons. The number of benzene rings is 1. The first kappa shape index (κ1) is 12.9. The molecule has 1 heterocycles. The van der Waals surface area contributed by atoms with E-state index in [4.69, 9.17) is 4.74 Å². The van der Waals surface area contributed by atoms with Gasteiger partial charge >= 0.3 is 0 Å². The van der Waals surface area contributed by atoms with Crippen molar-refractivity contribution >= 4 is 15.9 Å². The summed E-state index contributed by atoms with van der Waals surface area (Å²) in [5.41, 5.74) is 1.25. The van der Waals surface area contributed by atoms with Crippen LogP contribution in [0.5, 0.6) is 5.75 Å². The van der Waals surface area contributed by atoms with Crippen molar-refractivity contribution in [2.75, 3.05) is 19.7 Å². The summed E-state index contributed by atoms with van der Waals surface area (Å²) >= 11 is 3.54. The molecule has 1 aromatic carbocycles. The Bertz CT molecular complexity index is 361. The van der Waals surface area contributed by atoms with E-state index in [0.29, 0.717) is 0 Å². The number of hydrogen-bond donors (Lipinski definition) is 1. The summed E-state index contributed by atoms with van der Waals surface area (Å²) in [5, 5.41) is 3.44. The van der Waals surface area contributed by atoms with Gasteiger partial charge in [0.25, 0.3) is 0 Å². The van der Waals surface area contributed by atoms with Crippen LogP contribution in [0.4, 0.5) is 0 Å². The number of ether oxygens (including phenoxy) is 1. The van der Waals surface area contributed by atoms with Crippen LogP contribution in [0.15, 0.2) is 22.7 Å². The highest BCUT2D eigenvalue weighted by Gasteiger charge is 2.12. The van der Waals surface area contributed by atoms with E-state index in [-0.39, 0.29) is 0 Å². The van der Waals surface area contributed by atoms with Crippen LogP contribution in [0.25, 0.3) is 0 Å². The summed E-state index contributed by atoms with van der Waals surface area (Å²) in [5.74, 6) is 1.74. The maximum absolute atomic E-state index is 5.82. The molecule has 1 atom stereocenters. The van der Waals surface area contributed by atoms with Crippen LogP contribution >= 0.6 is 15.9 Å². The highest BCUT2D eigenvalue weighted by Crippen LogP contribution is 2.26. The van der Waals surface area contributed by atoms with Gasteiger partial charge in [-0.3, -0.25) is 0 Å². The van der Waals surface area contributed by atoms with Crippen LogP contribution < -0.4 is 10.1 Å². The van der Waals surface area contributed by atoms with E-state index >= 15 is 0 Å². The van der Waals surface area contributed by atoms with Crippen molar-refractivity contribution in [3.63, 3.8) is 0 Å². The molecule has 0 spiro atoms. The van der Waals surface area contributed by atoms with E-state index in [9.17, 15) is 0 Å². The minimum atomic E-state index is 0.785. The molecule has 0 aromatic heterocycles. The van der Waals surface area contributed by atoms with Crippen LogP contribution in [0.3, 0.4) is 0 Å². The van der Waals surface area contributed by atoms with Gasteiger partial charge in [-0.25, -0.2) is 0 Å². The maximum atomic E-state index is 5.82. The van der Waals surface area contributed by atoms with Crippen molar-refractivity contribution in [3.05, 3.63) is 28.2 Å². The number of hydrogen-bond acceptors (Lipinski definition) is 2. The van der Waals surface area contributed by atoms with E-state index in [0.717, 1.165) is 35.7 Å². The van der Waals surface area contributed by atoms with Crippen molar-refractivity contribution < 1.29 is 4.74 Å². The zero-order chi connectivity index (χ0) is 12.1. The predicted octanol–water partition coefficient (Wildman–Crippen LogP) is 3.53. The third-order valence-electron chi connectivity index (χ3n) is 3.27. The number of nitrogens with one attached hydrogen (secondary N) is 1. The van der Waals surface area contributed by atoms with Crippen LogP contribution in [0.1, 0.15) is 24.8 Å². The Labute approximate surface area is 112 Å². The van der Waals surface area contributed by atoms with Crippen LogP contribution in [-0.2, 0) is 0 Å². The summed E-state index contributed by atoms with van der Waals surface area (Å²) < 4.78 is 6.87. The van der Waals surface area contributed by atoms with Crippen molar-refractivity contribution in [2.45, 2.75) is 26.2 Å². The van der Waals surface area contributed by atoms with E-state index in [1.54, 1.807) is 0 Å². The topological polar surface area (TPSA) is 21.3 Å². The smallest absolute Gasteiger partial charge is 0.133 e. The Morgan fingerprint density at radius 3 is 3.06 bits per heavy atom. The molecule has 0 radical (unpaired) electrons. The van der Waals surface area contributed by atoms with Gasteiger partial charge in [-0.05, 0) is 78.8 Å². The van der Waals surface area contributed by atoms with Gasteiger partial charge in [-0.1, -0.05) is 6.07 Å². The molecular formula is C14H20BrNO. The third-order valence-corrected chi connectivity index (χ3v) is 3.89. The average Bonchev–Trinajstić information content (AvgIpc) is 2.33. The van der Waals surface area contributed by atoms with Crippen LogP contribution in [0.2, 0.25) is 0 Å². The fourth-order valence-corrected chi connectivity index (χ4v) is 2.84. The van der Waals surface area contributed by atoms with Crippen LogP contribution in [0, 0.1) is 12.8 Å². The summed E-state index contributed by atoms with van der Waals surface area (Å²) in [6, 6.07) is 6.22. The highest BCUT2D eigenvalue weighted by atomic mass is 79.9. The second-order valence-corrected chi connectivity index (χ2v) is 5.64. The Morgan fingerprint density at radius 2 is 2.35 bits per heavy atom. The summed E-state index contributed by atoms with van der Waals surface area (Å²) in [6.45, 7) is 5.23. The van der Waals surface area contributed by atoms with E-state index < -0.39 is 0 Å². The number of halogens is 1. The lowest BCUT2D eigenvalue weighted by molar-refractivity contribution is 0.253. The summed E-state index contributed by atoms with van der Waals surface area (Å²) in [6.07, 6.45) is 3.79. The number of aryl methyl sites for hydroxylation is 1. The van der Waals surface area contributed by atoms with Gasteiger partial charge in [-0.15, -0.1) is 0 Å². The molecule has 1 N–H and O–H groups in total. The maximum Gasteiger partial charge on any atom is 0.133 e. The van der Waals surface area contributed by atoms with Crippen molar-refractivity contribution in [2.24, 2.45) is 5.92 Å². The molecule has 1 aliphatic rings. The molecule has 1 aromatic rings. The van der Waals surface area contributed by atoms with Gasteiger partial charge in [0.05, 0.1) is 11.1 Å². The average molecular weight is 298 g/mol. The van der Waals surface area contributed by atoms with Gasteiger partial charge in [-0.2, -0.15) is 0 Å². The lowest BCUT2D eigenvalue weighted by Gasteiger charge is -2.22. The molecule has 0 bridgehead atoms. The van der Waals surface area contributed by atoms with Crippen molar-refractivity contribution in [3.8, 4) is 5.75 Å². The monoisotopic (exact) mass is 297 g/mol. The second kappa shape index (κ2) is 6.41. The molecule has 3 heteroatoms. The van der Waals surface area contributed by atoms with Crippen molar-refractivity contribution in [1.29, 1.82) is 0 Å². The molecule has 2 nitrogen and oxygen atoms in total. The predicted molar refractivity (Wildman–Crippen MR) is 74.6 cm³/mol. The Morgan fingerprint density at radius 1 is 1.47 bits per heavy atom. The first-order chi connectivity index (χ1) is 8.25. The fraction of sp³-hybridized carbons (Fsp3) is 0.571. The van der Waals surface area contributed by atoms with Gasteiger partial charge in [0, 0.05) is 0 Å².